The standard InChI is InChI=1S/C25H46N4O4S/c1-5-7-15-33-24(32)28-21(25(3,4)34-16-6-2)23(31)29-14-8-9-20(29)22(30)27-17-18-10-12-19(26)13-11-18/h18-21H,5-17,26H2,1-4H3,(H,27,30)(H,28,32)/t18-,19-,20-,21-/m0/s1. The minimum Gasteiger partial charge on any atom is -0.450 e. The molecule has 0 unspecified atom stereocenters. The van der Waals surface area contributed by atoms with Crippen molar-refractivity contribution >= 4 is 29.7 Å². The fourth-order valence-electron chi connectivity index (χ4n) is 4.67. The van der Waals surface area contributed by atoms with E-state index >= 15 is 0 Å². The van der Waals surface area contributed by atoms with Crippen molar-refractivity contribution < 1.29 is 19.1 Å². The summed E-state index contributed by atoms with van der Waals surface area (Å²) in [7, 11) is 0. The summed E-state index contributed by atoms with van der Waals surface area (Å²) in [6, 6.07) is -0.987. The van der Waals surface area contributed by atoms with Crippen molar-refractivity contribution in [3.63, 3.8) is 0 Å². The van der Waals surface area contributed by atoms with Crippen molar-refractivity contribution in [2.75, 3.05) is 25.4 Å². The number of nitrogens with one attached hydrogen (secondary N) is 2. The Labute approximate surface area is 209 Å². The summed E-state index contributed by atoms with van der Waals surface area (Å²) >= 11 is 1.65. The van der Waals surface area contributed by atoms with Gasteiger partial charge in [0.1, 0.15) is 12.1 Å². The van der Waals surface area contributed by atoms with Crippen LogP contribution in [0.15, 0.2) is 0 Å². The molecule has 0 radical (unpaired) electrons. The lowest BCUT2D eigenvalue weighted by Gasteiger charge is -2.37. The molecule has 0 aromatic carbocycles. The Balaban J connectivity index is 2.05. The van der Waals surface area contributed by atoms with Crippen LogP contribution in [0.1, 0.15) is 85.5 Å². The number of alkyl carbamates (subject to hydrolysis) is 1. The van der Waals surface area contributed by atoms with Crippen LogP contribution in [0.25, 0.3) is 0 Å². The molecule has 3 amide bonds. The summed E-state index contributed by atoms with van der Waals surface area (Å²) in [5, 5.41) is 5.92. The molecule has 34 heavy (non-hydrogen) atoms. The Bertz CT molecular complexity index is 667. The maximum atomic E-state index is 13.7. The first-order valence-electron chi connectivity index (χ1n) is 13.1. The third kappa shape index (κ3) is 8.63. The molecule has 1 saturated carbocycles. The van der Waals surface area contributed by atoms with Crippen LogP contribution < -0.4 is 16.4 Å². The molecule has 2 fully saturated rings. The van der Waals surface area contributed by atoms with Crippen LogP contribution in [0.3, 0.4) is 0 Å². The summed E-state index contributed by atoms with van der Waals surface area (Å²) in [5.41, 5.74) is 5.99. The number of rotatable bonds is 12. The van der Waals surface area contributed by atoms with Gasteiger partial charge in [-0.05, 0) is 76.9 Å². The first-order chi connectivity index (χ1) is 16.2. The largest absolute Gasteiger partial charge is 0.450 e. The van der Waals surface area contributed by atoms with Crippen molar-refractivity contribution in [2.45, 2.75) is 108 Å². The van der Waals surface area contributed by atoms with Crippen LogP contribution in [-0.2, 0) is 14.3 Å². The Hall–Kier alpha value is -1.48. The van der Waals surface area contributed by atoms with Gasteiger partial charge in [-0.1, -0.05) is 20.3 Å². The molecule has 1 saturated heterocycles. The number of nitrogens with zero attached hydrogens (tertiary/aromatic N) is 1. The topological polar surface area (TPSA) is 114 Å². The molecule has 2 rings (SSSR count). The van der Waals surface area contributed by atoms with E-state index in [2.05, 4.69) is 17.6 Å². The first-order valence-corrected chi connectivity index (χ1v) is 14.1. The van der Waals surface area contributed by atoms with Gasteiger partial charge < -0.3 is 26.0 Å². The average Bonchev–Trinajstić information content (AvgIpc) is 3.30. The van der Waals surface area contributed by atoms with Crippen molar-refractivity contribution in [1.29, 1.82) is 0 Å². The second-order valence-electron chi connectivity index (χ2n) is 10.2. The summed E-state index contributed by atoms with van der Waals surface area (Å²) in [6.45, 7) is 9.54. The van der Waals surface area contributed by atoms with Gasteiger partial charge in [-0.3, -0.25) is 9.59 Å². The maximum absolute atomic E-state index is 13.7. The second-order valence-corrected chi connectivity index (χ2v) is 12.0. The molecule has 0 aromatic heterocycles. The SMILES string of the molecule is CCCCOC(=O)N[C@@H](C(=O)N1CCC[C@H]1C(=O)NC[C@H]1CC[C@H](N)CC1)C(C)(C)SCCC. The van der Waals surface area contributed by atoms with E-state index in [-0.39, 0.29) is 17.9 Å². The van der Waals surface area contributed by atoms with Gasteiger partial charge in [-0.25, -0.2) is 4.79 Å². The Morgan fingerprint density at radius 1 is 1.12 bits per heavy atom. The number of likely N-dealkylation sites (tertiary alicyclic amines) is 1. The van der Waals surface area contributed by atoms with E-state index in [0.29, 0.717) is 32.0 Å². The van der Waals surface area contributed by atoms with E-state index in [0.717, 1.165) is 57.1 Å². The fraction of sp³-hybridized carbons (Fsp3) is 0.880. The molecule has 9 heteroatoms. The number of nitrogens with two attached hydrogens (primary N) is 1. The number of carbonyl (C=O) groups excluding carboxylic acids is 3. The summed E-state index contributed by atoms with van der Waals surface area (Å²) in [4.78, 5) is 40.9. The van der Waals surface area contributed by atoms with E-state index in [4.69, 9.17) is 10.5 Å². The maximum Gasteiger partial charge on any atom is 0.407 e. The summed E-state index contributed by atoms with van der Waals surface area (Å²) in [6.07, 6.45) is 7.58. The molecule has 196 valence electrons. The average molecular weight is 499 g/mol. The molecule has 1 aliphatic heterocycles. The monoisotopic (exact) mass is 498 g/mol. The molecule has 0 bridgehead atoms. The predicted octanol–water partition coefficient (Wildman–Crippen LogP) is 3.43. The number of hydrogen-bond donors (Lipinski definition) is 3. The van der Waals surface area contributed by atoms with Gasteiger partial charge in [0.25, 0.3) is 0 Å². The van der Waals surface area contributed by atoms with Gasteiger partial charge in [0.15, 0.2) is 0 Å². The molecule has 8 nitrogen and oxygen atoms in total. The molecule has 0 aromatic rings. The van der Waals surface area contributed by atoms with E-state index in [1.165, 1.54) is 0 Å². The van der Waals surface area contributed by atoms with Crippen molar-refractivity contribution in [2.24, 2.45) is 11.7 Å². The van der Waals surface area contributed by atoms with Crippen LogP contribution in [0.2, 0.25) is 0 Å². The molecular formula is C25H46N4O4S. The van der Waals surface area contributed by atoms with Gasteiger partial charge in [0.2, 0.25) is 11.8 Å². The quantitative estimate of drug-likeness (QED) is 0.355. The Morgan fingerprint density at radius 2 is 1.82 bits per heavy atom. The van der Waals surface area contributed by atoms with Gasteiger partial charge >= 0.3 is 6.09 Å². The van der Waals surface area contributed by atoms with E-state index in [9.17, 15) is 14.4 Å². The lowest BCUT2D eigenvalue weighted by atomic mass is 9.86. The smallest absolute Gasteiger partial charge is 0.407 e. The lowest BCUT2D eigenvalue weighted by molar-refractivity contribution is -0.140. The molecule has 4 N–H and O–H groups in total. The van der Waals surface area contributed by atoms with Gasteiger partial charge in [0, 0.05) is 23.9 Å². The highest BCUT2D eigenvalue weighted by Gasteiger charge is 2.44. The van der Waals surface area contributed by atoms with E-state index in [1.807, 2.05) is 20.8 Å². The van der Waals surface area contributed by atoms with E-state index < -0.39 is 22.9 Å². The number of unbranched alkanes of at least 4 members (excludes halogenated alkanes) is 1. The molecule has 0 spiro atoms. The molecule has 1 aliphatic carbocycles. The predicted molar refractivity (Wildman–Crippen MR) is 138 cm³/mol. The third-order valence-electron chi connectivity index (χ3n) is 6.91. The minimum atomic E-state index is -0.772. The van der Waals surface area contributed by atoms with Crippen molar-refractivity contribution in [3.05, 3.63) is 0 Å². The van der Waals surface area contributed by atoms with Crippen molar-refractivity contribution in [3.8, 4) is 0 Å². The van der Waals surface area contributed by atoms with Crippen LogP contribution >= 0.6 is 11.8 Å². The number of amides is 3. The zero-order valence-electron chi connectivity index (χ0n) is 21.6. The molecule has 2 atom stereocenters. The zero-order chi connectivity index (χ0) is 25.1. The summed E-state index contributed by atoms with van der Waals surface area (Å²) in [5.74, 6) is 1.02. The van der Waals surface area contributed by atoms with Crippen molar-refractivity contribution in [1.82, 2.24) is 15.5 Å². The highest BCUT2D eigenvalue weighted by Crippen LogP contribution is 2.32. The Kier molecular flexibility index (Phi) is 12.0. The van der Waals surface area contributed by atoms with E-state index in [1.54, 1.807) is 16.7 Å². The van der Waals surface area contributed by atoms with Crippen LogP contribution in [-0.4, -0.2) is 71.1 Å². The fourth-order valence-corrected chi connectivity index (χ4v) is 5.73. The molecule has 2 aliphatic rings. The number of thioether (sulfide) groups is 1. The number of ether oxygens (including phenoxy) is 1. The second kappa shape index (κ2) is 14.2. The third-order valence-corrected chi connectivity index (χ3v) is 8.50. The highest BCUT2D eigenvalue weighted by molar-refractivity contribution is 8.00. The van der Waals surface area contributed by atoms with Gasteiger partial charge in [-0.2, -0.15) is 11.8 Å². The van der Waals surface area contributed by atoms with Crippen LogP contribution in [0.4, 0.5) is 4.79 Å². The zero-order valence-corrected chi connectivity index (χ0v) is 22.4. The number of carbonyl (C=O) groups is 3. The lowest BCUT2D eigenvalue weighted by Crippen LogP contribution is -2.60. The minimum absolute atomic E-state index is 0.0935. The molecule has 1 heterocycles. The van der Waals surface area contributed by atoms with Crippen LogP contribution in [0.5, 0.6) is 0 Å². The summed E-state index contributed by atoms with van der Waals surface area (Å²) < 4.78 is 4.75. The van der Waals surface area contributed by atoms with Crippen LogP contribution in [0, 0.1) is 5.92 Å². The Morgan fingerprint density at radius 3 is 2.47 bits per heavy atom. The van der Waals surface area contributed by atoms with Gasteiger partial charge in [-0.15, -0.1) is 0 Å². The molecular weight excluding hydrogens is 452 g/mol. The van der Waals surface area contributed by atoms with Gasteiger partial charge in [0.05, 0.1) is 6.61 Å². The first kappa shape index (κ1) is 28.8. The highest BCUT2D eigenvalue weighted by atomic mass is 32.2. The number of hydrogen-bond acceptors (Lipinski definition) is 6. The normalized spacial score (nSPS) is 23.9.